The number of rotatable bonds is 3. The topological polar surface area (TPSA) is 151 Å². The molecule has 0 amide bonds. The second kappa shape index (κ2) is 7.97. The number of hydrogen-bond acceptors (Lipinski definition) is 2. The Balaban J connectivity index is 0.000000631. The summed E-state index contributed by atoms with van der Waals surface area (Å²) in [5.41, 5.74) is 7.52. The van der Waals surface area contributed by atoms with Gasteiger partial charge in [-0.25, -0.2) is 0 Å². The fraction of sp³-hybridized carbons (Fsp3) is 0.125. The normalized spacial score (nSPS) is 11.6. The molecule has 0 aromatic heterocycles. The van der Waals surface area contributed by atoms with Crippen LogP contribution in [0, 0.1) is 0 Å². The molecule has 0 radical (unpaired) electrons. The van der Waals surface area contributed by atoms with E-state index in [0.717, 1.165) is 6.21 Å². The number of benzene rings is 1. The fourth-order valence-corrected chi connectivity index (χ4v) is 1.87. The second-order valence-electron chi connectivity index (χ2n) is 2.96. The summed E-state index contributed by atoms with van der Waals surface area (Å²) in [6.45, 7) is 0. The summed E-state index contributed by atoms with van der Waals surface area (Å²) in [5, 5.41) is 0. The van der Waals surface area contributed by atoms with E-state index in [-0.39, 0.29) is 0 Å². The summed E-state index contributed by atoms with van der Waals surface area (Å²) in [6.07, 6.45) is 0.829. The van der Waals surface area contributed by atoms with E-state index in [2.05, 4.69) is 4.79 Å². The van der Waals surface area contributed by atoms with Gasteiger partial charge in [0.25, 0.3) is 6.21 Å². The van der Waals surface area contributed by atoms with Gasteiger partial charge in [0, 0.05) is 4.57 Å². The molecule has 0 aliphatic rings. The third-order valence-corrected chi connectivity index (χ3v) is 2.87. The van der Waals surface area contributed by atoms with E-state index in [0.29, 0.717) is 5.56 Å². The second-order valence-corrected chi connectivity index (χ2v) is 5.20. The largest absolute Gasteiger partial charge is 0.692 e. The smallest absolute Gasteiger partial charge is 0.362 e. The summed E-state index contributed by atoms with van der Waals surface area (Å²) in [5.74, 6) is 0. The summed E-state index contributed by atoms with van der Waals surface area (Å²) in [6, 6.07) is 8.17. The lowest BCUT2D eigenvalue weighted by atomic mass is 10.2. The van der Waals surface area contributed by atoms with Gasteiger partial charge >= 0.3 is 15.9 Å². The standard InChI is InChI=1S/C8H9N2O3P.HO3P/c9-10-6-8(14(11,12)13)7-4-2-1-3-5-7;1-4(2)3/h1-6,8H,(H2,11,12,13);(H-,1,2,3)/p+1. The molecule has 0 saturated carbocycles. The van der Waals surface area contributed by atoms with Gasteiger partial charge < -0.3 is 15.3 Å². The van der Waals surface area contributed by atoms with Crippen LogP contribution in [0.2, 0.25) is 0 Å². The van der Waals surface area contributed by atoms with Gasteiger partial charge in [0.05, 0.1) is 0 Å². The number of hydrogen-bond donors (Lipinski definition) is 4. The monoisotopic (exact) mass is 293 g/mol. The van der Waals surface area contributed by atoms with Crippen LogP contribution in [-0.4, -0.2) is 30.6 Å². The van der Waals surface area contributed by atoms with E-state index in [1.165, 1.54) is 0 Å². The molecule has 1 aromatic carbocycles. The van der Waals surface area contributed by atoms with Gasteiger partial charge in [-0.15, -0.1) is 9.79 Å². The van der Waals surface area contributed by atoms with Crippen molar-refractivity contribution in [3.05, 3.63) is 41.4 Å². The molecule has 10 heteroatoms. The molecular formula is C8H11N2O6P2+. The Bertz CT molecular complexity index is 478. The molecular weight excluding hydrogens is 282 g/mol. The van der Waals surface area contributed by atoms with Crippen LogP contribution in [0.25, 0.3) is 5.53 Å². The first-order valence-electron chi connectivity index (χ1n) is 4.41. The molecule has 1 aromatic rings. The van der Waals surface area contributed by atoms with E-state index < -0.39 is 21.5 Å². The zero-order chi connectivity index (χ0) is 14.2. The molecule has 1 rings (SSSR count). The Hall–Kier alpha value is -1.23. The van der Waals surface area contributed by atoms with Crippen molar-refractivity contribution in [1.29, 1.82) is 0 Å². The summed E-state index contributed by atoms with van der Waals surface area (Å²) in [7, 11) is -7.19. The Kier molecular flexibility index (Phi) is 7.43. The van der Waals surface area contributed by atoms with Crippen molar-refractivity contribution in [2.75, 3.05) is 0 Å². The van der Waals surface area contributed by atoms with Crippen LogP contribution < -0.4 is 0 Å². The lowest BCUT2D eigenvalue weighted by Gasteiger charge is -2.09. The maximum atomic E-state index is 11.0. The SMILES string of the molecule is O=[P+](O)O.[N-]=[N+]=CC(c1ccccc1)P(=O)(O)O. The van der Waals surface area contributed by atoms with Crippen LogP contribution in [-0.2, 0) is 9.13 Å². The molecule has 18 heavy (non-hydrogen) atoms. The van der Waals surface area contributed by atoms with Crippen molar-refractivity contribution >= 4 is 22.1 Å². The maximum Gasteiger partial charge on any atom is 0.692 e. The first-order valence-corrected chi connectivity index (χ1v) is 7.26. The molecule has 0 spiro atoms. The van der Waals surface area contributed by atoms with Crippen molar-refractivity contribution in [2.45, 2.75) is 5.66 Å². The van der Waals surface area contributed by atoms with Gasteiger partial charge in [-0.2, -0.15) is 4.79 Å². The van der Waals surface area contributed by atoms with Crippen LogP contribution >= 0.6 is 15.9 Å². The first kappa shape index (κ1) is 16.8. The van der Waals surface area contributed by atoms with Gasteiger partial charge in [-0.05, 0) is 5.56 Å². The zero-order valence-electron chi connectivity index (χ0n) is 8.94. The average molecular weight is 293 g/mol. The van der Waals surface area contributed by atoms with Gasteiger partial charge in [-0.3, -0.25) is 4.57 Å². The van der Waals surface area contributed by atoms with Crippen LogP contribution in [0.4, 0.5) is 0 Å². The molecule has 0 aliphatic heterocycles. The lowest BCUT2D eigenvalue weighted by Crippen LogP contribution is -2.01. The summed E-state index contributed by atoms with van der Waals surface area (Å²) < 4.78 is 19.7. The Morgan fingerprint density at radius 2 is 1.72 bits per heavy atom. The molecule has 0 fully saturated rings. The van der Waals surface area contributed by atoms with E-state index in [1.807, 2.05) is 0 Å². The molecule has 8 nitrogen and oxygen atoms in total. The highest BCUT2D eigenvalue weighted by atomic mass is 31.2. The molecule has 0 aliphatic carbocycles. The lowest BCUT2D eigenvalue weighted by molar-refractivity contribution is 0.000744. The molecule has 1 unspecified atom stereocenters. The minimum atomic E-state index is -4.32. The van der Waals surface area contributed by atoms with Crippen molar-refractivity contribution in [3.63, 3.8) is 0 Å². The van der Waals surface area contributed by atoms with Crippen LogP contribution in [0.5, 0.6) is 0 Å². The first-order chi connectivity index (χ1) is 8.29. The summed E-state index contributed by atoms with van der Waals surface area (Å²) >= 11 is 0. The van der Waals surface area contributed by atoms with E-state index in [4.69, 9.17) is 29.7 Å². The van der Waals surface area contributed by atoms with Crippen LogP contribution in [0.3, 0.4) is 0 Å². The highest BCUT2D eigenvalue weighted by Gasteiger charge is 2.32. The molecule has 4 N–H and O–H groups in total. The van der Waals surface area contributed by atoms with E-state index in [1.54, 1.807) is 30.3 Å². The minimum Gasteiger partial charge on any atom is -0.362 e. The van der Waals surface area contributed by atoms with Gasteiger partial charge in [0.2, 0.25) is 0 Å². The van der Waals surface area contributed by atoms with Crippen molar-refractivity contribution in [1.82, 2.24) is 0 Å². The Labute approximate surface area is 103 Å². The van der Waals surface area contributed by atoms with Gasteiger partial charge in [0.1, 0.15) is 0 Å². The molecule has 0 bridgehead atoms. The Morgan fingerprint density at radius 3 is 2.06 bits per heavy atom. The van der Waals surface area contributed by atoms with Crippen LogP contribution in [0.1, 0.15) is 11.2 Å². The summed E-state index contributed by atoms with van der Waals surface area (Å²) in [4.78, 5) is 34.8. The van der Waals surface area contributed by atoms with Gasteiger partial charge in [-0.1, -0.05) is 30.3 Å². The van der Waals surface area contributed by atoms with E-state index >= 15 is 0 Å². The Morgan fingerprint density at radius 1 is 1.28 bits per heavy atom. The third kappa shape index (κ3) is 7.17. The minimum absolute atomic E-state index is 0.415. The molecule has 0 saturated heterocycles. The highest BCUT2D eigenvalue weighted by molar-refractivity contribution is 7.53. The van der Waals surface area contributed by atoms with Crippen molar-refractivity contribution < 1.29 is 33.5 Å². The predicted molar refractivity (Wildman–Crippen MR) is 63.0 cm³/mol. The van der Waals surface area contributed by atoms with E-state index in [9.17, 15) is 4.57 Å². The van der Waals surface area contributed by atoms with Crippen molar-refractivity contribution in [3.8, 4) is 0 Å². The van der Waals surface area contributed by atoms with Crippen molar-refractivity contribution in [2.24, 2.45) is 0 Å². The number of nitrogens with zero attached hydrogens (tertiary/aromatic N) is 2. The maximum absolute atomic E-state index is 11.0. The fourth-order valence-electron chi connectivity index (χ4n) is 1.08. The van der Waals surface area contributed by atoms with Gasteiger partial charge in [0.15, 0.2) is 5.66 Å². The third-order valence-electron chi connectivity index (χ3n) is 1.71. The quantitative estimate of drug-likeness (QED) is 0.280. The zero-order valence-corrected chi connectivity index (χ0v) is 10.7. The molecule has 98 valence electrons. The molecule has 0 heterocycles. The average Bonchev–Trinajstić information content (AvgIpc) is 2.24. The highest BCUT2D eigenvalue weighted by Crippen LogP contribution is 2.50. The predicted octanol–water partition coefficient (Wildman–Crippen LogP) is 0.834. The molecule has 1 atom stereocenters. The van der Waals surface area contributed by atoms with Crippen LogP contribution in [0.15, 0.2) is 30.3 Å².